The van der Waals surface area contributed by atoms with Crippen LogP contribution in [0, 0.1) is 5.92 Å². The number of hydrogen-bond donors (Lipinski definition) is 1. The van der Waals surface area contributed by atoms with Crippen LogP contribution in [0.5, 0.6) is 0 Å². The molecule has 1 atom stereocenters. The molecule has 0 saturated carbocycles. The molecule has 0 amide bonds. The van der Waals surface area contributed by atoms with E-state index in [-0.39, 0.29) is 0 Å². The third-order valence-electron chi connectivity index (χ3n) is 3.94. The minimum absolute atomic E-state index is 0.684. The minimum Gasteiger partial charge on any atom is -0.326 e. The van der Waals surface area contributed by atoms with Crippen LogP contribution in [0.1, 0.15) is 48.8 Å². The van der Waals surface area contributed by atoms with E-state index in [9.17, 15) is 0 Å². The smallest absolute Gasteiger partial charge is 0.0328 e. The SMILES string of the molecule is CCCC1CCCN(Cc2ccc(CN)s2)CC1. The van der Waals surface area contributed by atoms with Gasteiger partial charge in [0.15, 0.2) is 0 Å². The van der Waals surface area contributed by atoms with E-state index in [0.717, 1.165) is 12.5 Å². The topological polar surface area (TPSA) is 29.3 Å². The van der Waals surface area contributed by atoms with E-state index in [1.807, 2.05) is 11.3 Å². The number of nitrogens with zero attached hydrogens (tertiary/aromatic N) is 1. The zero-order valence-corrected chi connectivity index (χ0v) is 12.3. The highest BCUT2D eigenvalue weighted by Gasteiger charge is 2.16. The molecule has 0 radical (unpaired) electrons. The van der Waals surface area contributed by atoms with E-state index in [0.29, 0.717) is 6.54 Å². The zero-order valence-electron chi connectivity index (χ0n) is 11.5. The molecule has 0 spiro atoms. The summed E-state index contributed by atoms with van der Waals surface area (Å²) in [5.41, 5.74) is 5.67. The van der Waals surface area contributed by atoms with Gasteiger partial charge in [-0.1, -0.05) is 19.8 Å². The van der Waals surface area contributed by atoms with Crippen molar-refractivity contribution in [1.29, 1.82) is 0 Å². The summed E-state index contributed by atoms with van der Waals surface area (Å²) in [6.45, 7) is 6.67. The molecule has 1 aromatic rings. The average molecular weight is 266 g/mol. The van der Waals surface area contributed by atoms with Crippen molar-refractivity contribution in [3.8, 4) is 0 Å². The van der Waals surface area contributed by atoms with Gasteiger partial charge >= 0.3 is 0 Å². The van der Waals surface area contributed by atoms with E-state index in [1.54, 1.807) is 0 Å². The molecule has 0 aliphatic carbocycles. The van der Waals surface area contributed by atoms with Gasteiger partial charge in [-0.2, -0.15) is 0 Å². The van der Waals surface area contributed by atoms with Crippen molar-refractivity contribution in [1.82, 2.24) is 4.90 Å². The van der Waals surface area contributed by atoms with Crippen LogP contribution in [0.2, 0.25) is 0 Å². The van der Waals surface area contributed by atoms with Crippen molar-refractivity contribution in [2.75, 3.05) is 13.1 Å². The monoisotopic (exact) mass is 266 g/mol. The second-order valence-electron chi connectivity index (χ2n) is 5.43. The number of thiophene rings is 1. The highest BCUT2D eigenvalue weighted by molar-refractivity contribution is 7.11. The summed E-state index contributed by atoms with van der Waals surface area (Å²) >= 11 is 1.88. The maximum atomic E-state index is 5.67. The fourth-order valence-corrected chi connectivity index (χ4v) is 3.86. The van der Waals surface area contributed by atoms with Crippen LogP contribution in [-0.2, 0) is 13.1 Å². The number of likely N-dealkylation sites (tertiary alicyclic amines) is 1. The van der Waals surface area contributed by atoms with Crippen molar-refractivity contribution in [3.05, 3.63) is 21.9 Å². The van der Waals surface area contributed by atoms with Gasteiger partial charge in [0.25, 0.3) is 0 Å². The molecule has 2 rings (SSSR count). The summed E-state index contributed by atoms with van der Waals surface area (Å²) in [6, 6.07) is 4.43. The maximum Gasteiger partial charge on any atom is 0.0328 e. The van der Waals surface area contributed by atoms with Gasteiger partial charge in [0.05, 0.1) is 0 Å². The van der Waals surface area contributed by atoms with E-state index in [2.05, 4.69) is 24.0 Å². The number of hydrogen-bond acceptors (Lipinski definition) is 3. The molecule has 102 valence electrons. The molecule has 1 aromatic heterocycles. The lowest BCUT2D eigenvalue weighted by atomic mass is 9.96. The predicted molar refractivity (Wildman–Crippen MR) is 79.7 cm³/mol. The largest absolute Gasteiger partial charge is 0.326 e. The number of rotatable bonds is 5. The van der Waals surface area contributed by atoms with Gasteiger partial charge in [0.1, 0.15) is 0 Å². The Bertz CT molecular complexity index is 348. The second-order valence-corrected chi connectivity index (χ2v) is 6.69. The molecule has 3 heteroatoms. The predicted octanol–water partition coefficient (Wildman–Crippen LogP) is 3.61. The molecule has 1 fully saturated rings. The molecule has 0 bridgehead atoms. The molecule has 1 saturated heterocycles. The van der Waals surface area contributed by atoms with Gasteiger partial charge in [0.2, 0.25) is 0 Å². The molecule has 2 heterocycles. The van der Waals surface area contributed by atoms with Crippen LogP contribution >= 0.6 is 11.3 Å². The lowest BCUT2D eigenvalue weighted by Crippen LogP contribution is -2.23. The van der Waals surface area contributed by atoms with Crippen molar-refractivity contribution in [3.63, 3.8) is 0 Å². The van der Waals surface area contributed by atoms with Gasteiger partial charge in [-0.15, -0.1) is 11.3 Å². The summed E-state index contributed by atoms with van der Waals surface area (Å²) in [5, 5.41) is 0. The van der Waals surface area contributed by atoms with E-state index < -0.39 is 0 Å². The Hall–Kier alpha value is -0.380. The maximum absolute atomic E-state index is 5.67. The molecule has 0 aromatic carbocycles. The Labute approximate surface area is 115 Å². The van der Waals surface area contributed by atoms with E-state index in [4.69, 9.17) is 5.73 Å². The van der Waals surface area contributed by atoms with Crippen LogP contribution in [-0.4, -0.2) is 18.0 Å². The third-order valence-corrected chi connectivity index (χ3v) is 5.03. The Morgan fingerprint density at radius 3 is 2.83 bits per heavy atom. The molecule has 18 heavy (non-hydrogen) atoms. The van der Waals surface area contributed by atoms with Crippen molar-refractivity contribution >= 4 is 11.3 Å². The van der Waals surface area contributed by atoms with Crippen LogP contribution in [0.25, 0.3) is 0 Å². The summed E-state index contributed by atoms with van der Waals surface area (Å²) in [7, 11) is 0. The van der Waals surface area contributed by atoms with Crippen LogP contribution < -0.4 is 5.73 Å². The first-order valence-electron chi connectivity index (χ1n) is 7.31. The highest BCUT2D eigenvalue weighted by atomic mass is 32.1. The van der Waals surface area contributed by atoms with Crippen molar-refractivity contribution < 1.29 is 0 Å². The lowest BCUT2D eigenvalue weighted by molar-refractivity contribution is 0.273. The van der Waals surface area contributed by atoms with E-state index in [1.165, 1.54) is 54.9 Å². The Morgan fingerprint density at radius 2 is 2.11 bits per heavy atom. The summed E-state index contributed by atoms with van der Waals surface area (Å²) in [4.78, 5) is 5.41. The molecule has 2 N–H and O–H groups in total. The Kier molecular flexibility index (Phi) is 5.67. The molecule has 2 nitrogen and oxygen atoms in total. The average Bonchev–Trinajstić information content (AvgIpc) is 2.71. The van der Waals surface area contributed by atoms with Crippen LogP contribution in [0.3, 0.4) is 0 Å². The summed E-state index contributed by atoms with van der Waals surface area (Å²) in [6.07, 6.45) is 6.96. The van der Waals surface area contributed by atoms with Crippen molar-refractivity contribution in [2.24, 2.45) is 11.7 Å². The van der Waals surface area contributed by atoms with Crippen LogP contribution in [0.15, 0.2) is 12.1 Å². The van der Waals surface area contributed by atoms with Gasteiger partial charge in [-0.05, 0) is 50.4 Å². The Balaban J connectivity index is 1.82. The normalized spacial score (nSPS) is 22.0. The van der Waals surface area contributed by atoms with Crippen LogP contribution in [0.4, 0.5) is 0 Å². The zero-order chi connectivity index (χ0) is 12.8. The molecular formula is C15H26N2S. The molecule has 1 aliphatic heterocycles. The quantitative estimate of drug-likeness (QED) is 0.882. The van der Waals surface area contributed by atoms with E-state index >= 15 is 0 Å². The second kappa shape index (κ2) is 7.27. The first-order chi connectivity index (χ1) is 8.81. The molecule has 1 aliphatic rings. The molecular weight excluding hydrogens is 240 g/mol. The summed E-state index contributed by atoms with van der Waals surface area (Å²) < 4.78 is 0. The van der Waals surface area contributed by atoms with Gasteiger partial charge in [-0.3, -0.25) is 4.90 Å². The molecule has 1 unspecified atom stereocenters. The van der Waals surface area contributed by atoms with Crippen molar-refractivity contribution in [2.45, 2.75) is 52.1 Å². The highest BCUT2D eigenvalue weighted by Crippen LogP contribution is 2.24. The minimum atomic E-state index is 0.684. The fourth-order valence-electron chi connectivity index (χ4n) is 2.92. The van der Waals surface area contributed by atoms with Gasteiger partial charge in [0, 0.05) is 22.8 Å². The third kappa shape index (κ3) is 4.08. The number of nitrogens with two attached hydrogens (primary N) is 1. The van der Waals surface area contributed by atoms with Gasteiger partial charge in [-0.25, -0.2) is 0 Å². The first kappa shape index (κ1) is 14.0. The first-order valence-corrected chi connectivity index (χ1v) is 8.13. The fraction of sp³-hybridized carbons (Fsp3) is 0.733. The standard InChI is InChI=1S/C15H26N2S/c1-2-4-13-5-3-9-17(10-8-13)12-15-7-6-14(11-16)18-15/h6-7,13H,2-5,8-12,16H2,1H3. The summed E-state index contributed by atoms with van der Waals surface area (Å²) in [5.74, 6) is 0.975. The lowest BCUT2D eigenvalue weighted by Gasteiger charge is -2.19. The van der Waals surface area contributed by atoms with Gasteiger partial charge < -0.3 is 5.73 Å². The Morgan fingerprint density at radius 1 is 1.28 bits per heavy atom.